The van der Waals surface area contributed by atoms with Gasteiger partial charge in [0.15, 0.2) is 5.78 Å². The molecule has 0 radical (unpaired) electrons. The second-order valence-corrected chi connectivity index (χ2v) is 4.76. The van der Waals surface area contributed by atoms with Gasteiger partial charge in [0, 0.05) is 0 Å². The molecule has 66 valence electrons. The molecule has 0 bridgehead atoms. The first kappa shape index (κ1) is 8.03. The van der Waals surface area contributed by atoms with Crippen molar-refractivity contribution in [1.82, 2.24) is 0 Å². The van der Waals surface area contributed by atoms with Crippen LogP contribution in [0.3, 0.4) is 0 Å². The minimum Gasteiger partial charge on any atom is -0.295 e. The fourth-order valence-electron chi connectivity index (χ4n) is 2.61. The van der Waals surface area contributed by atoms with Crippen LogP contribution >= 0.6 is 0 Å². The van der Waals surface area contributed by atoms with Gasteiger partial charge in [0.25, 0.3) is 0 Å². The highest BCUT2D eigenvalue weighted by Crippen LogP contribution is 2.64. The summed E-state index contributed by atoms with van der Waals surface area (Å²) in [5, 5.41) is 0. The lowest BCUT2D eigenvalue weighted by Gasteiger charge is -2.07. The number of rotatable bonds is 1. The van der Waals surface area contributed by atoms with Crippen LogP contribution in [0.15, 0.2) is 11.6 Å². The van der Waals surface area contributed by atoms with Gasteiger partial charge in [0.05, 0.1) is 0 Å². The van der Waals surface area contributed by atoms with E-state index in [9.17, 15) is 4.79 Å². The molecule has 2 aliphatic carbocycles. The first-order valence-corrected chi connectivity index (χ1v) is 4.73. The van der Waals surface area contributed by atoms with E-state index < -0.39 is 0 Å². The number of ketones is 1. The third-order valence-corrected chi connectivity index (χ3v) is 3.80. The summed E-state index contributed by atoms with van der Waals surface area (Å²) in [6, 6.07) is 0. The van der Waals surface area contributed by atoms with Crippen molar-refractivity contribution in [2.75, 3.05) is 0 Å². The normalized spacial score (nSPS) is 36.8. The molecule has 1 fully saturated rings. The van der Waals surface area contributed by atoms with Crippen molar-refractivity contribution >= 4 is 5.78 Å². The van der Waals surface area contributed by atoms with Gasteiger partial charge in [-0.1, -0.05) is 19.9 Å². The molecule has 0 saturated heterocycles. The molecule has 0 N–H and O–H groups in total. The standard InChI is InChI=1S/C11H16O/c1-7(12)8-4-5-9-10(6-8)11(9,2)3/h4,9-10H,5-6H2,1-3H3. The van der Waals surface area contributed by atoms with Gasteiger partial charge in [-0.3, -0.25) is 4.79 Å². The summed E-state index contributed by atoms with van der Waals surface area (Å²) in [6.07, 6.45) is 4.32. The zero-order chi connectivity index (χ0) is 8.93. The topological polar surface area (TPSA) is 17.1 Å². The van der Waals surface area contributed by atoms with Crippen LogP contribution in [0.5, 0.6) is 0 Å². The van der Waals surface area contributed by atoms with Crippen molar-refractivity contribution in [3.05, 3.63) is 11.6 Å². The molecule has 2 rings (SSSR count). The summed E-state index contributed by atoms with van der Waals surface area (Å²) in [4.78, 5) is 11.1. The van der Waals surface area contributed by atoms with E-state index in [1.165, 1.54) is 0 Å². The van der Waals surface area contributed by atoms with Crippen molar-refractivity contribution in [3.63, 3.8) is 0 Å². The Balaban J connectivity index is 2.11. The van der Waals surface area contributed by atoms with Gasteiger partial charge in [-0.15, -0.1) is 0 Å². The highest BCUT2D eigenvalue weighted by atomic mass is 16.1. The largest absolute Gasteiger partial charge is 0.295 e. The van der Waals surface area contributed by atoms with Crippen molar-refractivity contribution in [3.8, 4) is 0 Å². The lowest BCUT2D eigenvalue weighted by Crippen LogP contribution is -2.02. The van der Waals surface area contributed by atoms with Crippen molar-refractivity contribution in [2.24, 2.45) is 17.3 Å². The molecule has 0 spiro atoms. The Hall–Kier alpha value is -0.590. The molecule has 1 saturated carbocycles. The number of hydrogen-bond acceptors (Lipinski definition) is 1. The Bertz CT molecular complexity index is 260. The molecule has 2 atom stereocenters. The lowest BCUT2D eigenvalue weighted by molar-refractivity contribution is -0.113. The molecule has 2 aliphatic rings. The summed E-state index contributed by atoms with van der Waals surface area (Å²) in [7, 11) is 0. The quantitative estimate of drug-likeness (QED) is 0.582. The summed E-state index contributed by atoms with van der Waals surface area (Å²) >= 11 is 0. The molecule has 2 unspecified atom stereocenters. The van der Waals surface area contributed by atoms with Crippen LogP contribution in [0.4, 0.5) is 0 Å². The van der Waals surface area contributed by atoms with Gasteiger partial charge in [-0.25, -0.2) is 0 Å². The van der Waals surface area contributed by atoms with Crippen LogP contribution in [-0.2, 0) is 4.79 Å². The first-order chi connectivity index (χ1) is 5.53. The summed E-state index contributed by atoms with van der Waals surface area (Å²) in [6.45, 7) is 6.32. The van der Waals surface area contributed by atoms with Crippen LogP contribution in [0.1, 0.15) is 33.6 Å². The second kappa shape index (κ2) is 2.21. The Kier molecular flexibility index (Phi) is 1.48. The number of allylic oxidation sites excluding steroid dienone is 2. The van der Waals surface area contributed by atoms with E-state index in [1.54, 1.807) is 6.92 Å². The fourth-order valence-corrected chi connectivity index (χ4v) is 2.61. The number of Topliss-reactive ketones (excluding diaryl/α,β-unsaturated/α-hetero) is 1. The summed E-state index contributed by atoms with van der Waals surface area (Å²) < 4.78 is 0. The van der Waals surface area contributed by atoms with Crippen molar-refractivity contribution in [1.29, 1.82) is 0 Å². The van der Waals surface area contributed by atoms with E-state index in [0.29, 0.717) is 5.41 Å². The van der Waals surface area contributed by atoms with Crippen LogP contribution in [0.25, 0.3) is 0 Å². The Morgan fingerprint density at radius 2 is 2.17 bits per heavy atom. The van der Waals surface area contributed by atoms with E-state index in [1.807, 2.05) is 0 Å². The SMILES string of the molecule is CC(=O)C1=CCC2C(C1)C2(C)C. The maximum Gasteiger partial charge on any atom is 0.155 e. The Morgan fingerprint density at radius 1 is 1.50 bits per heavy atom. The average Bonchev–Trinajstić information content (AvgIpc) is 2.55. The van der Waals surface area contributed by atoms with E-state index in [-0.39, 0.29) is 5.78 Å². The highest BCUT2D eigenvalue weighted by Gasteiger charge is 2.57. The third kappa shape index (κ3) is 0.954. The maximum atomic E-state index is 11.1. The van der Waals surface area contributed by atoms with Crippen LogP contribution in [-0.4, -0.2) is 5.78 Å². The van der Waals surface area contributed by atoms with Gasteiger partial charge < -0.3 is 0 Å². The highest BCUT2D eigenvalue weighted by molar-refractivity contribution is 5.93. The van der Waals surface area contributed by atoms with E-state index in [2.05, 4.69) is 19.9 Å². The van der Waals surface area contributed by atoms with E-state index >= 15 is 0 Å². The van der Waals surface area contributed by atoms with Crippen molar-refractivity contribution < 1.29 is 4.79 Å². The monoisotopic (exact) mass is 164 g/mol. The predicted octanol–water partition coefficient (Wildman–Crippen LogP) is 2.57. The fraction of sp³-hybridized carbons (Fsp3) is 0.727. The minimum absolute atomic E-state index is 0.274. The summed E-state index contributed by atoms with van der Waals surface area (Å²) in [5.74, 6) is 1.93. The van der Waals surface area contributed by atoms with Gasteiger partial charge in [0.1, 0.15) is 0 Å². The lowest BCUT2D eigenvalue weighted by atomic mass is 9.97. The Labute approximate surface area is 73.8 Å². The van der Waals surface area contributed by atoms with Crippen LogP contribution in [0.2, 0.25) is 0 Å². The number of carbonyl (C=O) groups is 1. The molecule has 0 aliphatic heterocycles. The smallest absolute Gasteiger partial charge is 0.155 e. The summed E-state index contributed by atoms with van der Waals surface area (Å²) in [5.41, 5.74) is 1.58. The van der Waals surface area contributed by atoms with Crippen LogP contribution < -0.4 is 0 Å². The molecule has 0 aromatic rings. The minimum atomic E-state index is 0.274. The number of hydrogen-bond donors (Lipinski definition) is 0. The van der Waals surface area contributed by atoms with Crippen molar-refractivity contribution in [2.45, 2.75) is 33.6 Å². The number of fused-ring (bicyclic) bond motifs is 1. The number of carbonyl (C=O) groups excluding carboxylic acids is 1. The van der Waals surface area contributed by atoms with E-state index in [0.717, 1.165) is 30.3 Å². The molecule has 1 heteroatoms. The van der Waals surface area contributed by atoms with Gasteiger partial charge in [-0.2, -0.15) is 0 Å². The molecular weight excluding hydrogens is 148 g/mol. The molecule has 0 heterocycles. The first-order valence-electron chi connectivity index (χ1n) is 4.73. The zero-order valence-electron chi connectivity index (χ0n) is 8.05. The second-order valence-electron chi connectivity index (χ2n) is 4.76. The molecule has 12 heavy (non-hydrogen) atoms. The molecule has 0 amide bonds. The van der Waals surface area contributed by atoms with Crippen LogP contribution in [0, 0.1) is 17.3 Å². The van der Waals surface area contributed by atoms with Gasteiger partial charge >= 0.3 is 0 Å². The third-order valence-electron chi connectivity index (χ3n) is 3.80. The average molecular weight is 164 g/mol. The van der Waals surface area contributed by atoms with Gasteiger partial charge in [-0.05, 0) is 42.6 Å². The zero-order valence-corrected chi connectivity index (χ0v) is 8.05. The molecule has 0 aromatic heterocycles. The van der Waals surface area contributed by atoms with Gasteiger partial charge in [0.2, 0.25) is 0 Å². The molecule has 1 nitrogen and oxygen atoms in total. The van der Waals surface area contributed by atoms with E-state index in [4.69, 9.17) is 0 Å². The molecule has 0 aromatic carbocycles. The molecular formula is C11H16O. The maximum absolute atomic E-state index is 11.1. The Morgan fingerprint density at radius 3 is 2.67 bits per heavy atom. The predicted molar refractivity (Wildman–Crippen MR) is 48.8 cm³/mol.